The highest BCUT2D eigenvalue weighted by atomic mass is 16.5. The Bertz CT molecular complexity index is 460. The second kappa shape index (κ2) is 3.65. The topological polar surface area (TPSA) is 47.3 Å². The molecule has 4 heteroatoms. The third-order valence-electron chi connectivity index (χ3n) is 2.00. The normalized spacial score (nSPS) is 10.3. The van der Waals surface area contributed by atoms with Crippen LogP contribution in [0.25, 0.3) is 0 Å². The van der Waals surface area contributed by atoms with Gasteiger partial charge in [0.05, 0.1) is 5.69 Å². The molecule has 0 aliphatic rings. The Balaban J connectivity index is 2.21. The molecule has 78 valence electrons. The molecule has 0 spiro atoms. The van der Waals surface area contributed by atoms with Crippen LogP contribution < -0.4 is 4.74 Å². The van der Waals surface area contributed by atoms with Gasteiger partial charge >= 0.3 is 6.01 Å². The number of phenolic OH excluding ortho intramolecular Hbond substituents is 1. The summed E-state index contributed by atoms with van der Waals surface area (Å²) in [6, 6.07) is 7.08. The van der Waals surface area contributed by atoms with Crippen LogP contribution in [0.5, 0.6) is 17.5 Å². The number of nitrogens with zero attached hydrogens (tertiary/aromatic N) is 2. The van der Waals surface area contributed by atoms with Crippen molar-refractivity contribution >= 4 is 0 Å². The predicted molar refractivity (Wildman–Crippen MR) is 56.1 cm³/mol. The minimum absolute atomic E-state index is 0.221. The highest BCUT2D eigenvalue weighted by Crippen LogP contribution is 2.22. The number of imidazole rings is 1. The maximum absolute atomic E-state index is 9.11. The van der Waals surface area contributed by atoms with Crippen molar-refractivity contribution in [2.45, 2.75) is 6.92 Å². The molecule has 1 aromatic heterocycles. The standard InChI is InChI=1S/C11H12N2O2/c1-8-7-13(2)11(12-8)15-10-5-3-9(14)4-6-10/h3-7,14H,1-2H3. The lowest BCUT2D eigenvalue weighted by molar-refractivity contribution is 0.421. The quantitative estimate of drug-likeness (QED) is 0.815. The van der Waals surface area contributed by atoms with Gasteiger partial charge in [-0.2, -0.15) is 0 Å². The van der Waals surface area contributed by atoms with Crippen LogP contribution in [0.2, 0.25) is 0 Å². The summed E-state index contributed by atoms with van der Waals surface area (Å²) < 4.78 is 7.33. The van der Waals surface area contributed by atoms with Gasteiger partial charge in [-0.15, -0.1) is 0 Å². The number of hydrogen-bond donors (Lipinski definition) is 1. The van der Waals surface area contributed by atoms with Gasteiger partial charge in [-0.05, 0) is 31.2 Å². The van der Waals surface area contributed by atoms with Gasteiger partial charge in [0.25, 0.3) is 0 Å². The largest absolute Gasteiger partial charge is 0.508 e. The summed E-state index contributed by atoms with van der Waals surface area (Å²) >= 11 is 0. The second-order valence-electron chi connectivity index (χ2n) is 3.37. The van der Waals surface area contributed by atoms with Crippen molar-refractivity contribution in [3.63, 3.8) is 0 Å². The molecule has 1 heterocycles. The summed E-state index contributed by atoms with van der Waals surface area (Å²) in [5, 5.41) is 9.11. The van der Waals surface area contributed by atoms with E-state index in [1.165, 1.54) is 0 Å². The number of hydrogen-bond acceptors (Lipinski definition) is 3. The van der Waals surface area contributed by atoms with E-state index in [9.17, 15) is 0 Å². The van der Waals surface area contributed by atoms with E-state index in [1.807, 2.05) is 24.7 Å². The summed E-state index contributed by atoms with van der Waals surface area (Å²) in [5.41, 5.74) is 0.909. The van der Waals surface area contributed by atoms with E-state index in [0.717, 1.165) is 5.69 Å². The van der Waals surface area contributed by atoms with Crippen LogP contribution in [-0.2, 0) is 7.05 Å². The predicted octanol–water partition coefficient (Wildman–Crippen LogP) is 2.23. The monoisotopic (exact) mass is 204 g/mol. The SMILES string of the molecule is Cc1cn(C)c(Oc2ccc(O)cc2)n1. The van der Waals surface area contributed by atoms with E-state index in [-0.39, 0.29) is 5.75 Å². The molecular weight excluding hydrogens is 192 g/mol. The van der Waals surface area contributed by atoms with E-state index in [0.29, 0.717) is 11.8 Å². The van der Waals surface area contributed by atoms with E-state index >= 15 is 0 Å². The molecule has 0 saturated carbocycles. The number of benzene rings is 1. The van der Waals surface area contributed by atoms with Crippen LogP contribution in [0.3, 0.4) is 0 Å². The Kier molecular flexibility index (Phi) is 2.33. The fourth-order valence-electron chi connectivity index (χ4n) is 1.31. The van der Waals surface area contributed by atoms with Gasteiger partial charge in [0.2, 0.25) is 0 Å². The van der Waals surface area contributed by atoms with Crippen molar-refractivity contribution in [1.29, 1.82) is 0 Å². The molecule has 0 radical (unpaired) electrons. The number of rotatable bonds is 2. The Labute approximate surface area is 87.8 Å². The maximum Gasteiger partial charge on any atom is 0.301 e. The van der Waals surface area contributed by atoms with Crippen LogP contribution in [0.1, 0.15) is 5.69 Å². The van der Waals surface area contributed by atoms with Crippen molar-refractivity contribution in [2.75, 3.05) is 0 Å². The molecule has 0 atom stereocenters. The van der Waals surface area contributed by atoms with Crippen LogP contribution in [0.15, 0.2) is 30.5 Å². The van der Waals surface area contributed by atoms with Crippen LogP contribution >= 0.6 is 0 Å². The highest BCUT2D eigenvalue weighted by molar-refractivity contribution is 5.31. The lowest BCUT2D eigenvalue weighted by Gasteiger charge is -2.04. The second-order valence-corrected chi connectivity index (χ2v) is 3.37. The molecule has 0 bridgehead atoms. The molecule has 1 aromatic carbocycles. The lowest BCUT2D eigenvalue weighted by atomic mass is 10.3. The molecular formula is C11H12N2O2. The number of aromatic hydroxyl groups is 1. The van der Waals surface area contributed by atoms with Gasteiger partial charge in [-0.1, -0.05) is 0 Å². The van der Waals surface area contributed by atoms with Gasteiger partial charge in [0.15, 0.2) is 0 Å². The zero-order valence-electron chi connectivity index (χ0n) is 8.64. The molecule has 0 fully saturated rings. The number of ether oxygens (including phenoxy) is 1. The third-order valence-corrected chi connectivity index (χ3v) is 2.00. The minimum Gasteiger partial charge on any atom is -0.508 e. The lowest BCUT2D eigenvalue weighted by Crippen LogP contribution is -1.92. The first kappa shape index (κ1) is 9.58. The van der Waals surface area contributed by atoms with Crippen molar-refractivity contribution in [2.24, 2.45) is 7.05 Å². The van der Waals surface area contributed by atoms with Crippen molar-refractivity contribution in [1.82, 2.24) is 9.55 Å². The van der Waals surface area contributed by atoms with Crippen LogP contribution in [0, 0.1) is 6.92 Å². The minimum atomic E-state index is 0.221. The molecule has 0 saturated heterocycles. The molecule has 2 aromatic rings. The molecule has 1 N–H and O–H groups in total. The summed E-state index contributed by atoms with van der Waals surface area (Å²) in [5.74, 6) is 0.875. The fourth-order valence-corrected chi connectivity index (χ4v) is 1.31. The molecule has 2 rings (SSSR count). The molecule has 0 unspecified atom stereocenters. The average molecular weight is 204 g/mol. The Morgan fingerprint density at radius 2 is 1.93 bits per heavy atom. The first-order chi connectivity index (χ1) is 7.15. The first-order valence-electron chi connectivity index (χ1n) is 4.62. The van der Waals surface area contributed by atoms with Crippen molar-refractivity contribution < 1.29 is 9.84 Å². The average Bonchev–Trinajstić information content (AvgIpc) is 2.49. The number of aryl methyl sites for hydroxylation is 2. The van der Waals surface area contributed by atoms with Gasteiger partial charge in [-0.25, -0.2) is 4.98 Å². The Hall–Kier alpha value is -1.97. The van der Waals surface area contributed by atoms with Crippen LogP contribution in [0.4, 0.5) is 0 Å². The zero-order valence-corrected chi connectivity index (χ0v) is 8.64. The van der Waals surface area contributed by atoms with E-state index in [4.69, 9.17) is 9.84 Å². The zero-order chi connectivity index (χ0) is 10.8. The van der Waals surface area contributed by atoms with Crippen LogP contribution in [-0.4, -0.2) is 14.7 Å². The fraction of sp³-hybridized carbons (Fsp3) is 0.182. The van der Waals surface area contributed by atoms with Crippen molar-refractivity contribution in [3.05, 3.63) is 36.2 Å². The molecule has 0 aliphatic carbocycles. The summed E-state index contributed by atoms with van der Waals surface area (Å²) in [4.78, 5) is 4.21. The molecule has 0 aliphatic heterocycles. The smallest absolute Gasteiger partial charge is 0.301 e. The van der Waals surface area contributed by atoms with E-state index in [2.05, 4.69) is 4.98 Å². The first-order valence-corrected chi connectivity index (χ1v) is 4.62. The van der Waals surface area contributed by atoms with Gasteiger partial charge in [0, 0.05) is 13.2 Å². The summed E-state index contributed by atoms with van der Waals surface area (Å²) in [6.45, 7) is 1.91. The van der Waals surface area contributed by atoms with Gasteiger partial charge in [-0.3, -0.25) is 0 Å². The molecule has 15 heavy (non-hydrogen) atoms. The maximum atomic E-state index is 9.11. The summed E-state index contributed by atoms with van der Waals surface area (Å²) in [6.07, 6.45) is 1.88. The Morgan fingerprint density at radius 1 is 1.27 bits per heavy atom. The third kappa shape index (κ3) is 2.10. The summed E-state index contributed by atoms with van der Waals surface area (Å²) in [7, 11) is 1.87. The van der Waals surface area contributed by atoms with E-state index in [1.54, 1.807) is 24.3 Å². The van der Waals surface area contributed by atoms with Gasteiger partial charge in [0.1, 0.15) is 11.5 Å². The van der Waals surface area contributed by atoms with Gasteiger partial charge < -0.3 is 14.4 Å². The highest BCUT2D eigenvalue weighted by Gasteiger charge is 2.04. The number of phenols is 1. The van der Waals surface area contributed by atoms with Crippen molar-refractivity contribution in [3.8, 4) is 17.5 Å². The Morgan fingerprint density at radius 3 is 2.47 bits per heavy atom. The number of aromatic nitrogens is 2. The molecule has 0 amide bonds. The van der Waals surface area contributed by atoms with E-state index < -0.39 is 0 Å². The molecule has 4 nitrogen and oxygen atoms in total.